The van der Waals surface area contributed by atoms with Crippen molar-refractivity contribution in [2.45, 2.75) is 72.3 Å². The fourth-order valence-electron chi connectivity index (χ4n) is 3.38. The number of carbonyl (C=O) groups is 2. The van der Waals surface area contributed by atoms with Crippen LogP contribution in [0.3, 0.4) is 0 Å². The van der Waals surface area contributed by atoms with Gasteiger partial charge in [-0.1, -0.05) is 20.8 Å². The van der Waals surface area contributed by atoms with Crippen molar-refractivity contribution in [2.75, 3.05) is 19.6 Å². The summed E-state index contributed by atoms with van der Waals surface area (Å²) in [6.45, 7) is 14.4. The smallest absolute Gasteiger partial charge is 0.274 e. The number of amides is 2. The predicted molar refractivity (Wildman–Crippen MR) is 103 cm³/mol. The van der Waals surface area contributed by atoms with Crippen LogP contribution in [0.5, 0.6) is 0 Å². The van der Waals surface area contributed by atoms with E-state index in [2.05, 4.69) is 45.0 Å². The maximum atomic E-state index is 13.0. The Labute approximate surface area is 157 Å². The Morgan fingerprint density at radius 3 is 2.58 bits per heavy atom. The molecule has 0 bridgehead atoms. The van der Waals surface area contributed by atoms with Crippen LogP contribution in [0.2, 0.25) is 0 Å². The molecule has 1 saturated heterocycles. The average Bonchev–Trinajstić information content (AvgIpc) is 3.05. The molecular weight excluding hydrogens is 328 g/mol. The number of nitrogens with one attached hydrogen (secondary N) is 1. The van der Waals surface area contributed by atoms with E-state index in [9.17, 15) is 9.59 Å². The maximum Gasteiger partial charge on any atom is 0.274 e. The highest BCUT2D eigenvalue weighted by molar-refractivity contribution is 5.93. The number of nitrogens with zero attached hydrogens (tertiary/aromatic N) is 3. The topological polar surface area (TPSA) is 67.2 Å². The van der Waals surface area contributed by atoms with Crippen molar-refractivity contribution in [1.82, 2.24) is 20.0 Å². The Hall–Kier alpha value is -1.85. The molecule has 2 heterocycles. The summed E-state index contributed by atoms with van der Waals surface area (Å²) in [5, 5.41) is 7.57. The van der Waals surface area contributed by atoms with Crippen LogP contribution in [-0.2, 0) is 10.3 Å². The van der Waals surface area contributed by atoms with Gasteiger partial charge in [-0.2, -0.15) is 5.10 Å². The Morgan fingerprint density at radius 1 is 1.35 bits per heavy atom. The highest BCUT2D eigenvalue weighted by atomic mass is 16.2. The van der Waals surface area contributed by atoms with E-state index in [0.29, 0.717) is 25.3 Å². The number of hydrogen-bond acceptors (Lipinski definition) is 3. The number of rotatable bonds is 5. The number of carbonyl (C=O) groups excluding carboxylic acids is 2. The van der Waals surface area contributed by atoms with Gasteiger partial charge in [-0.05, 0) is 52.0 Å². The highest BCUT2D eigenvalue weighted by Gasteiger charge is 2.31. The molecule has 6 heteroatoms. The second-order valence-corrected chi connectivity index (χ2v) is 8.57. The third kappa shape index (κ3) is 4.65. The van der Waals surface area contributed by atoms with Gasteiger partial charge in [0.15, 0.2) is 5.69 Å². The molecule has 2 rings (SSSR count). The predicted octanol–water partition coefficient (Wildman–Crippen LogP) is 3.14. The number of likely N-dealkylation sites (tertiary alicyclic amines) is 1. The molecule has 6 nitrogen and oxygen atoms in total. The van der Waals surface area contributed by atoms with Gasteiger partial charge < -0.3 is 10.2 Å². The second kappa shape index (κ2) is 8.23. The second-order valence-electron chi connectivity index (χ2n) is 8.57. The molecule has 0 aromatic carbocycles. The summed E-state index contributed by atoms with van der Waals surface area (Å²) >= 11 is 0. The van der Waals surface area contributed by atoms with E-state index in [1.165, 1.54) is 0 Å². The first-order valence-corrected chi connectivity index (χ1v) is 9.82. The molecule has 0 spiro atoms. The van der Waals surface area contributed by atoms with E-state index in [1.807, 2.05) is 17.7 Å². The van der Waals surface area contributed by atoms with Crippen molar-refractivity contribution in [2.24, 2.45) is 5.92 Å². The fraction of sp³-hybridized carbons (Fsp3) is 0.750. The molecule has 26 heavy (non-hydrogen) atoms. The molecular formula is C20H34N4O2. The number of piperidine rings is 1. The van der Waals surface area contributed by atoms with E-state index in [0.717, 1.165) is 25.0 Å². The summed E-state index contributed by atoms with van der Waals surface area (Å²) in [7, 11) is 0. The van der Waals surface area contributed by atoms with Gasteiger partial charge in [-0.25, -0.2) is 0 Å². The zero-order valence-corrected chi connectivity index (χ0v) is 17.1. The van der Waals surface area contributed by atoms with Crippen LogP contribution in [-0.4, -0.2) is 46.1 Å². The minimum Gasteiger partial charge on any atom is -0.356 e. The monoisotopic (exact) mass is 362 g/mol. The van der Waals surface area contributed by atoms with Crippen LogP contribution in [0.1, 0.15) is 82.9 Å². The van der Waals surface area contributed by atoms with Gasteiger partial charge in [-0.3, -0.25) is 14.3 Å². The van der Waals surface area contributed by atoms with Crippen molar-refractivity contribution in [3.8, 4) is 0 Å². The Kier molecular flexibility index (Phi) is 6.48. The fourth-order valence-corrected chi connectivity index (χ4v) is 3.38. The molecule has 0 saturated carbocycles. The molecule has 0 radical (unpaired) electrons. The molecule has 1 aliphatic rings. The molecule has 1 aromatic heterocycles. The number of aromatic nitrogens is 2. The lowest BCUT2D eigenvalue weighted by Crippen LogP contribution is -2.45. The minimum absolute atomic E-state index is 0.0624. The highest BCUT2D eigenvalue weighted by Crippen LogP contribution is 2.25. The van der Waals surface area contributed by atoms with Crippen LogP contribution < -0.4 is 5.32 Å². The lowest BCUT2D eigenvalue weighted by Gasteiger charge is -2.31. The summed E-state index contributed by atoms with van der Waals surface area (Å²) in [6, 6.07) is 1.92. The lowest BCUT2D eigenvalue weighted by atomic mass is 9.96. The van der Waals surface area contributed by atoms with Crippen molar-refractivity contribution in [3.05, 3.63) is 17.5 Å². The van der Waals surface area contributed by atoms with Gasteiger partial charge in [0, 0.05) is 25.3 Å². The largest absolute Gasteiger partial charge is 0.356 e. The van der Waals surface area contributed by atoms with E-state index < -0.39 is 0 Å². The molecule has 1 N–H and O–H groups in total. The quantitative estimate of drug-likeness (QED) is 0.875. The van der Waals surface area contributed by atoms with Gasteiger partial charge in [0.2, 0.25) is 5.91 Å². The molecule has 1 fully saturated rings. The molecule has 1 unspecified atom stereocenters. The van der Waals surface area contributed by atoms with E-state index in [1.54, 1.807) is 4.90 Å². The molecule has 1 aliphatic heterocycles. The van der Waals surface area contributed by atoms with Gasteiger partial charge in [0.25, 0.3) is 5.91 Å². The van der Waals surface area contributed by atoms with Crippen LogP contribution in [0, 0.1) is 5.92 Å². The molecule has 1 aromatic rings. The summed E-state index contributed by atoms with van der Waals surface area (Å²) in [6.07, 6.45) is 2.61. The third-order valence-corrected chi connectivity index (χ3v) is 4.81. The first-order chi connectivity index (χ1) is 12.1. The van der Waals surface area contributed by atoms with Gasteiger partial charge in [0.05, 0.1) is 11.5 Å². The zero-order valence-electron chi connectivity index (χ0n) is 17.1. The van der Waals surface area contributed by atoms with Gasteiger partial charge >= 0.3 is 0 Å². The van der Waals surface area contributed by atoms with Crippen molar-refractivity contribution < 1.29 is 9.59 Å². The van der Waals surface area contributed by atoms with E-state index in [-0.39, 0.29) is 29.2 Å². The van der Waals surface area contributed by atoms with Crippen LogP contribution in [0.4, 0.5) is 0 Å². The summed E-state index contributed by atoms with van der Waals surface area (Å²) in [4.78, 5) is 27.1. The first kappa shape index (κ1) is 20.5. The molecule has 0 aliphatic carbocycles. The minimum atomic E-state index is -0.178. The molecule has 1 atom stereocenters. The molecule has 2 amide bonds. The van der Waals surface area contributed by atoms with Crippen LogP contribution in [0.25, 0.3) is 0 Å². The van der Waals surface area contributed by atoms with Crippen molar-refractivity contribution >= 4 is 11.8 Å². The summed E-state index contributed by atoms with van der Waals surface area (Å²) < 4.78 is 1.96. The standard InChI is InChI=1S/C20H34N4O2/c1-7-10-21-18(25)15-9-8-11-23(13-15)19(26)16-12-17(14(2)3)24(22-16)20(4,5)6/h12,14-15H,7-11,13H2,1-6H3,(H,21,25). The van der Waals surface area contributed by atoms with Crippen molar-refractivity contribution in [3.63, 3.8) is 0 Å². The van der Waals surface area contributed by atoms with E-state index >= 15 is 0 Å². The van der Waals surface area contributed by atoms with Crippen molar-refractivity contribution in [1.29, 1.82) is 0 Å². The zero-order chi connectivity index (χ0) is 19.5. The summed E-state index contributed by atoms with van der Waals surface area (Å²) in [5.41, 5.74) is 1.37. The van der Waals surface area contributed by atoms with E-state index in [4.69, 9.17) is 0 Å². The van der Waals surface area contributed by atoms with Crippen LogP contribution in [0.15, 0.2) is 6.07 Å². The lowest BCUT2D eigenvalue weighted by molar-refractivity contribution is -0.126. The average molecular weight is 363 g/mol. The number of hydrogen-bond donors (Lipinski definition) is 1. The van der Waals surface area contributed by atoms with Crippen LogP contribution >= 0.6 is 0 Å². The molecule has 146 valence electrons. The van der Waals surface area contributed by atoms with Gasteiger partial charge in [-0.15, -0.1) is 0 Å². The Morgan fingerprint density at radius 2 is 2.04 bits per heavy atom. The Balaban J connectivity index is 2.17. The normalized spacial score (nSPS) is 18.3. The first-order valence-electron chi connectivity index (χ1n) is 9.82. The van der Waals surface area contributed by atoms with Gasteiger partial charge in [0.1, 0.15) is 0 Å². The third-order valence-electron chi connectivity index (χ3n) is 4.81. The SMILES string of the molecule is CCCNC(=O)C1CCCN(C(=O)c2cc(C(C)C)n(C(C)(C)C)n2)C1. The Bertz CT molecular complexity index is 643. The summed E-state index contributed by atoms with van der Waals surface area (Å²) in [5.74, 6) is 0.168. The maximum absolute atomic E-state index is 13.0.